The molecule has 49 heavy (non-hydrogen) atoms. The number of nitrogens with zero attached hydrogens (tertiary/aromatic N) is 5. The number of halogens is 5. The molecule has 4 aromatic rings. The first-order chi connectivity index (χ1) is 22.2. The summed E-state index contributed by atoms with van der Waals surface area (Å²) in [5, 5.41) is -0.119. The lowest BCUT2D eigenvalue weighted by Crippen LogP contribution is -2.47. The summed E-state index contributed by atoms with van der Waals surface area (Å²) in [5.41, 5.74) is 1.24. The molecule has 0 N–H and O–H groups in total. The van der Waals surface area contributed by atoms with Crippen LogP contribution in [0, 0.1) is 12.3 Å². The number of alkyl halides is 3. The molecular formula is C34H40Cl2F3N5O5. The van der Waals surface area contributed by atoms with Crippen molar-refractivity contribution in [2.24, 2.45) is 5.41 Å². The van der Waals surface area contributed by atoms with Crippen molar-refractivity contribution < 1.29 is 31.9 Å². The first kappa shape index (κ1) is 39.4. The predicted molar refractivity (Wildman–Crippen MR) is 186 cm³/mol. The fourth-order valence-corrected chi connectivity index (χ4v) is 5.79. The molecule has 0 bridgehead atoms. The minimum Gasteiger partial charge on any atom is -0.493 e. The van der Waals surface area contributed by atoms with E-state index in [4.69, 9.17) is 9.15 Å². The number of anilines is 2. The van der Waals surface area contributed by atoms with Crippen molar-refractivity contribution in [1.82, 2.24) is 14.5 Å². The molecule has 1 aromatic carbocycles. The molecule has 0 aliphatic carbocycles. The third kappa shape index (κ3) is 8.22. The number of hydrogen-bond donors (Lipinski definition) is 0. The summed E-state index contributed by atoms with van der Waals surface area (Å²) in [4.78, 5) is 49.0. The molecule has 1 aliphatic heterocycles. The normalized spacial score (nSPS) is 14.4. The van der Waals surface area contributed by atoms with Crippen LogP contribution >= 0.6 is 24.8 Å². The van der Waals surface area contributed by atoms with Gasteiger partial charge in [0.25, 0.3) is 5.56 Å². The SMILES string of the molecule is CCN1C(=O)C(C)(C)C(=O)N(C)c2cc(OCCCN(CCn3ccc4oc(C(F)(F)F)cc4c3=O)Cc3cccnc3C)ccc21.Cl.Cl. The van der Waals surface area contributed by atoms with E-state index >= 15 is 0 Å². The molecule has 1 aliphatic rings. The smallest absolute Gasteiger partial charge is 0.449 e. The zero-order chi connectivity index (χ0) is 34.1. The quantitative estimate of drug-likeness (QED) is 0.129. The van der Waals surface area contributed by atoms with Crippen molar-refractivity contribution in [1.29, 1.82) is 0 Å². The second kappa shape index (κ2) is 15.6. The van der Waals surface area contributed by atoms with Crippen molar-refractivity contribution in [2.45, 2.75) is 53.4 Å². The second-order valence-corrected chi connectivity index (χ2v) is 12.1. The van der Waals surface area contributed by atoms with Crippen LogP contribution in [0.1, 0.15) is 44.2 Å². The number of fused-ring (bicyclic) bond motifs is 2. The Morgan fingerprint density at radius 3 is 2.41 bits per heavy atom. The minimum absolute atomic E-state index is 0. The molecule has 5 rings (SSSR count). The Morgan fingerprint density at radius 1 is 1.00 bits per heavy atom. The van der Waals surface area contributed by atoms with Crippen LogP contribution in [-0.4, -0.2) is 59.6 Å². The van der Waals surface area contributed by atoms with E-state index in [1.807, 2.05) is 26.0 Å². The topological polar surface area (TPSA) is 101 Å². The molecule has 0 unspecified atom stereocenters. The summed E-state index contributed by atoms with van der Waals surface area (Å²) in [6.07, 6.45) is -0.913. The zero-order valence-corrected chi connectivity index (χ0v) is 29.5. The molecule has 15 heteroatoms. The number of pyridine rings is 2. The van der Waals surface area contributed by atoms with E-state index in [-0.39, 0.29) is 54.1 Å². The molecule has 0 radical (unpaired) electrons. The highest BCUT2D eigenvalue weighted by atomic mass is 35.5. The number of furan rings is 1. The van der Waals surface area contributed by atoms with Crippen LogP contribution in [0.2, 0.25) is 0 Å². The van der Waals surface area contributed by atoms with Crippen LogP contribution in [0.4, 0.5) is 24.5 Å². The van der Waals surface area contributed by atoms with Gasteiger partial charge < -0.3 is 23.5 Å². The first-order valence-corrected chi connectivity index (χ1v) is 15.4. The van der Waals surface area contributed by atoms with E-state index < -0.39 is 22.9 Å². The summed E-state index contributed by atoms with van der Waals surface area (Å²) in [6, 6.07) is 11.3. The summed E-state index contributed by atoms with van der Waals surface area (Å²) in [6.45, 7) is 9.63. The van der Waals surface area contributed by atoms with Crippen LogP contribution < -0.4 is 20.1 Å². The van der Waals surface area contributed by atoms with Gasteiger partial charge >= 0.3 is 6.18 Å². The largest absolute Gasteiger partial charge is 0.493 e. The van der Waals surface area contributed by atoms with Gasteiger partial charge in [-0.05, 0) is 63.9 Å². The van der Waals surface area contributed by atoms with Crippen LogP contribution in [0.15, 0.2) is 64.1 Å². The van der Waals surface area contributed by atoms with Crippen LogP contribution in [0.25, 0.3) is 11.0 Å². The molecule has 0 saturated carbocycles. The lowest BCUT2D eigenvalue weighted by atomic mass is 9.90. The highest BCUT2D eigenvalue weighted by Crippen LogP contribution is 2.40. The second-order valence-electron chi connectivity index (χ2n) is 12.1. The number of aromatic nitrogens is 2. The van der Waals surface area contributed by atoms with Gasteiger partial charge in [-0.15, -0.1) is 24.8 Å². The van der Waals surface area contributed by atoms with Crippen molar-refractivity contribution in [2.75, 3.05) is 43.1 Å². The van der Waals surface area contributed by atoms with Gasteiger partial charge in [-0.2, -0.15) is 13.2 Å². The molecule has 0 saturated heterocycles. The fraction of sp³-hybridized carbons (Fsp3) is 0.412. The Balaban J connectivity index is 0.00000325. The van der Waals surface area contributed by atoms with Crippen molar-refractivity contribution in [3.05, 3.63) is 82.2 Å². The number of benzene rings is 1. The number of ether oxygens (including phenoxy) is 1. The molecule has 0 spiro atoms. The monoisotopic (exact) mass is 725 g/mol. The lowest BCUT2D eigenvalue weighted by Gasteiger charge is -2.27. The van der Waals surface area contributed by atoms with E-state index in [0.717, 1.165) is 17.3 Å². The Kier molecular flexibility index (Phi) is 12.6. The number of hydrogen-bond acceptors (Lipinski definition) is 7. The van der Waals surface area contributed by atoms with Crippen LogP contribution in [0.3, 0.4) is 0 Å². The third-order valence-electron chi connectivity index (χ3n) is 8.53. The molecule has 4 heterocycles. The molecule has 266 valence electrons. The van der Waals surface area contributed by atoms with Gasteiger partial charge in [0, 0.05) is 70.0 Å². The van der Waals surface area contributed by atoms with Crippen LogP contribution in [0.5, 0.6) is 5.75 Å². The first-order valence-electron chi connectivity index (χ1n) is 15.4. The Labute approximate surface area is 294 Å². The average molecular weight is 727 g/mol. The minimum atomic E-state index is -4.69. The highest BCUT2D eigenvalue weighted by molar-refractivity contribution is 6.20. The van der Waals surface area contributed by atoms with E-state index in [0.29, 0.717) is 56.3 Å². The van der Waals surface area contributed by atoms with Gasteiger partial charge in [0.2, 0.25) is 17.6 Å². The summed E-state index contributed by atoms with van der Waals surface area (Å²) in [7, 11) is 1.66. The highest BCUT2D eigenvalue weighted by Gasteiger charge is 2.45. The number of rotatable bonds is 11. The molecule has 2 amide bonds. The van der Waals surface area contributed by atoms with Gasteiger partial charge in [-0.25, -0.2) is 0 Å². The van der Waals surface area contributed by atoms with E-state index in [9.17, 15) is 27.6 Å². The molecule has 0 fully saturated rings. The van der Waals surface area contributed by atoms with Gasteiger partial charge in [0.15, 0.2) is 0 Å². The predicted octanol–water partition coefficient (Wildman–Crippen LogP) is 6.49. The molecular weight excluding hydrogens is 686 g/mol. The zero-order valence-electron chi connectivity index (χ0n) is 27.9. The summed E-state index contributed by atoms with van der Waals surface area (Å²) >= 11 is 0. The average Bonchev–Trinajstić information content (AvgIpc) is 3.48. The third-order valence-corrected chi connectivity index (χ3v) is 8.53. The van der Waals surface area contributed by atoms with Crippen molar-refractivity contribution in [3.63, 3.8) is 0 Å². The Hall–Kier alpha value is -4.07. The molecule has 3 aromatic heterocycles. The number of carbonyl (C=O) groups is 2. The van der Waals surface area contributed by atoms with Gasteiger partial charge in [-0.1, -0.05) is 6.07 Å². The van der Waals surface area contributed by atoms with E-state index in [2.05, 4.69) is 9.88 Å². The summed E-state index contributed by atoms with van der Waals surface area (Å²) < 4.78 is 51.8. The number of aryl methyl sites for hydroxylation is 1. The van der Waals surface area contributed by atoms with Gasteiger partial charge in [0.05, 0.1) is 23.4 Å². The Morgan fingerprint density at radius 2 is 1.73 bits per heavy atom. The number of carbonyl (C=O) groups excluding carboxylic acids is 2. The fourth-order valence-electron chi connectivity index (χ4n) is 5.79. The maximum absolute atomic E-state index is 13.2. The van der Waals surface area contributed by atoms with Gasteiger partial charge in [0.1, 0.15) is 16.7 Å². The van der Waals surface area contributed by atoms with Crippen LogP contribution in [-0.2, 0) is 28.9 Å². The van der Waals surface area contributed by atoms with Crippen molar-refractivity contribution >= 4 is 59.0 Å². The lowest BCUT2D eigenvalue weighted by molar-refractivity contribution is -0.152. The van der Waals surface area contributed by atoms with Crippen molar-refractivity contribution in [3.8, 4) is 5.75 Å². The maximum Gasteiger partial charge on any atom is 0.449 e. The Bertz CT molecular complexity index is 1860. The standard InChI is InChI=1S/C34H38F3N5O5.2ClH/c1-6-42-26-11-10-24(19-27(26)39(5)31(44)33(3,4)32(42)45)46-18-8-14-40(21-23-9-7-13-38-22(23)2)16-17-41-15-12-28-25(30(41)43)20-29(47-28)34(35,36)37;;/h7,9-13,15,19-20H,6,8,14,16-18,21H2,1-5H3;2*1H. The van der Waals surface area contributed by atoms with E-state index in [1.54, 1.807) is 50.2 Å². The van der Waals surface area contributed by atoms with E-state index in [1.165, 1.54) is 21.7 Å². The summed E-state index contributed by atoms with van der Waals surface area (Å²) in [5.74, 6) is -1.21. The molecule has 10 nitrogen and oxygen atoms in total. The maximum atomic E-state index is 13.2. The van der Waals surface area contributed by atoms with Gasteiger partial charge in [-0.3, -0.25) is 24.3 Å². The molecule has 0 atom stereocenters. The number of amides is 2.